The van der Waals surface area contributed by atoms with Crippen LogP contribution in [0, 0.1) is 5.82 Å². The molecule has 0 aliphatic heterocycles. The standard InChI is InChI=1S/C16H24FNO7P2/c1-12(2)7-6-8-13(3)11-16(18-15-10-5-4-9-14(15)17)24-27(22,23)25-26(19,20)21/h4-5,7,9-11,16,18H,6,8H2,1-3H3,(H,22,23)(H2,19,20,21)/b13-11+. The first kappa shape index (κ1) is 23.7. The maximum Gasteiger partial charge on any atom is 0.483 e. The lowest BCUT2D eigenvalue weighted by Crippen LogP contribution is -2.21. The quantitative estimate of drug-likeness (QED) is 0.247. The van der Waals surface area contributed by atoms with Gasteiger partial charge in [-0.05, 0) is 51.8 Å². The molecule has 0 saturated carbocycles. The van der Waals surface area contributed by atoms with Crippen molar-refractivity contribution in [3.63, 3.8) is 0 Å². The third kappa shape index (κ3) is 10.6. The van der Waals surface area contributed by atoms with E-state index in [0.717, 1.165) is 11.1 Å². The number of hydrogen-bond donors (Lipinski definition) is 4. The molecule has 8 nitrogen and oxygen atoms in total. The molecule has 0 radical (unpaired) electrons. The van der Waals surface area contributed by atoms with Crippen molar-refractivity contribution in [1.82, 2.24) is 0 Å². The van der Waals surface area contributed by atoms with Gasteiger partial charge in [-0.15, -0.1) is 0 Å². The SMILES string of the molecule is CC(C)=CCC/C(C)=C/C(Nc1ccccc1F)OP(=O)(O)OP(=O)(O)O. The van der Waals surface area contributed by atoms with Crippen LogP contribution in [0.1, 0.15) is 33.6 Å². The van der Waals surface area contributed by atoms with Gasteiger partial charge in [0, 0.05) is 0 Å². The largest absolute Gasteiger partial charge is 0.483 e. The minimum atomic E-state index is -5.27. The summed E-state index contributed by atoms with van der Waals surface area (Å²) in [6.07, 6.45) is 3.37. The topological polar surface area (TPSA) is 125 Å². The van der Waals surface area contributed by atoms with Gasteiger partial charge in [-0.3, -0.25) is 4.52 Å². The Kier molecular flexibility index (Phi) is 9.05. The molecule has 0 amide bonds. The summed E-state index contributed by atoms with van der Waals surface area (Å²) in [5, 5.41) is 2.57. The van der Waals surface area contributed by atoms with Crippen LogP contribution >= 0.6 is 15.6 Å². The third-order valence-corrected chi connectivity index (χ3v) is 5.32. The van der Waals surface area contributed by atoms with Crippen LogP contribution in [0.15, 0.2) is 47.6 Å². The Morgan fingerprint density at radius 3 is 2.41 bits per heavy atom. The van der Waals surface area contributed by atoms with Gasteiger partial charge in [0.05, 0.1) is 5.69 Å². The van der Waals surface area contributed by atoms with E-state index >= 15 is 0 Å². The molecule has 2 unspecified atom stereocenters. The summed E-state index contributed by atoms with van der Waals surface area (Å²) in [6.45, 7) is 5.64. The van der Waals surface area contributed by atoms with Crippen molar-refractivity contribution in [1.29, 1.82) is 0 Å². The van der Waals surface area contributed by atoms with Gasteiger partial charge in [-0.1, -0.05) is 29.4 Å². The van der Waals surface area contributed by atoms with Crippen LogP contribution in [0.5, 0.6) is 0 Å². The number of phosphoric ester groups is 1. The summed E-state index contributed by atoms with van der Waals surface area (Å²) in [5.41, 5.74) is 1.86. The van der Waals surface area contributed by atoms with Crippen LogP contribution in [0.25, 0.3) is 0 Å². The Balaban J connectivity index is 3.01. The summed E-state index contributed by atoms with van der Waals surface area (Å²) in [7, 11) is -10.4. The lowest BCUT2D eigenvalue weighted by atomic mass is 10.1. The molecular formula is C16H24FNO7P2. The molecule has 0 aliphatic rings. The van der Waals surface area contributed by atoms with E-state index in [4.69, 9.17) is 14.3 Å². The number of benzene rings is 1. The minimum absolute atomic E-state index is 0.0213. The van der Waals surface area contributed by atoms with Gasteiger partial charge in [0.15, 0.2) is 6.23 Å². The van der Waals surface area contributed by atoms with Crippen molar-refractivity contribution in [3.05, 3.63) is 53.4 Å². The highest BCUT2D eigenvalue weighted by Gasteiger charge is 2.34. The van der Waals surface area contributed by atoms with Crippen molar-refractivity contribution in [2.24, 2.45) is 0 Å². The number of anilines is 1. The van der Waals surface area contributed by atoms with Crippen molar-refractivity contribution in [2.45, 2.75) is 39.8 Å². The number of allylic oxidation sites excluding steroid dienone is 3. The molecule has 2 atom stereocenters. The predicted molar refractivity (Wildman–Crippen MR) is 100 cm³/mol. The molecule has 0 saturated heterocycles. The first-order chi connectivity index (χ1) is 12.4. The summed E-state index contributed by atoms with van der Waals surface area (Å²) in [6, 6.07) is 5.56. The number of nitrogens with one attached hydrogen (secondary N) is 1. The fraction of sp³-hybridized carbons (Fsp3) is 0.375. The van der Waals surface area contributed by atoms with Crippen LogP contribution in [-0.2, 0) is 18.0 Å². The zero-order valence-electron chi connectivity index (χ0n) is 15.2. The first-order valence-electron chi connectivity index (χ1n) is 7.98. The summed E-state index contributed by atoms with van der Waals surface area (Å²) >= 11 is 0. The van der Waals surface area contributed by atoms with E-state index in [-0.39, 0.29) is 5.69 Å². The number of halogens is 1. The van der Waals surface area contributed by atoms with Crippen LogP contribution in [0.3, 0.4) is 0 Å². The highest BCUT2D eigenvalue weighted by molar-refractivity contribution is 7.60. The molecule has 27 heavy (non-hydrogen) atoms. The predicted octanol–water partition coefficient (Wildman–Crippen LogP) is 4.48. The number of para-hydroxylation sites is 1. The smallest absolute Gasteiger partial charge is 0.354 e. The summed E-state index contributed by atoms with van der Waals surface area (Å²) in [4.78, 5) is 27.0. The van der Waals surface area contributed by atoms with Crippen LogP contribution in [0.2, 0.25) is 0 Å². The zero-order chi connectivity index (χ0) is 20.7. The van der Waals surface area contributed by atoms with Crippen LogP contribution in [0.4, 0.5) is 10.1 Å². The Labute approximate surface area is 157 Å². The first-order valence-corrected chi connectivity index (χ1v) is 11.0. The molecule has 4 N–H and O–H groups in total. The van der Waals surface area contributed by atoms with Gasteiger partial charge in [0.2, 0.25) is 0 Å². The van der Waals surface area contributed by atoms with Crippen molar-refractivity contribution in [2.75, 3.05) is 5.32 Å². The van der Waals surface area contributed by atoms with Gasteiger partial charge in [0.1, 0.15) is 5.82 Å². The monoisotopic (exact) mass is 423 g/mol. The van der Waals surface area contributed by atoms with Crippen molar-refractivity contribution < 1.29 is 37.0 Å². The van der Waals surface area contributed by atoms with Crippen molar-refractivity contribution >= 4 is 21.3 Å². The van der Waals surface area contributed by atoms with E-state index < -0.39 is 27.7 Å². The second-order valence-electron chi connectivity index (χ2n) is 6.02. The molecule has 0 bridgehead atoms. The van der Waals surface area contributed by atoms with Gasteiger partial charge in [-0.25, -0.2) is 13.5 Å². The van der Waals surface area contributed by atoms with E-state index in [9.17, 15) is 18.4 Å². The van der Waals surface area contributed by atoms with E-state index in [1.807, 2.05) is 19.9 Å². The second kappa shape index (κ2) is 10.3. The maximum atomic E-state index is 13.8. The lowest BCUT2D eigenvalue weighted by Gasteiger charge is -2.21. The van der Waals surface area contributed by atoms with E-state index in [2.05, 4.69) is 9.63 Å². The number of phosphoric acid groups is 2. The molecule has 1 aromatic rings. The minimum Gasteiger partial charge on any atom is -0.354 e. The molecule has 0 aliphatic carbocycles. The fourth-order valence-corrected chi connectivity index (χ4v) is 3.69. The summed E-state index contributed by atoms with van der Waals surface area (Å²) < 4.78 is 45.1. The Hall–Kier alpha value is -1.31. The molecule has 152 valence electrons. The van der Waals surface area contributed by atoms with E-state index in [1.165, 1.54) is 24.3 Å². The zero-order valence-corrected chi connectivity index (χ0v) is 17.0. The maximum absolute atomic E-state index is 13.8. The van der Waals surface area contributed by atoms with Gasteiger partial charge in [0.25, 0.3) is 0 Å². The second-order valence-corrected chi connectivity index (χ2v) is 8.81. The Morgan fingerprint density at radius 2 is 1.85 bits per heavy atom. The lowest BCUT2D eigenvalue weighted by molar-refractivity contribution is 0.161. The molecule has 0 aromatic heterocycles. The molecule has 1 rings (SSSR count). The Bertz CT molecular complexity index is 787. The Morgan fingerprint density at radius 1 is 1.22 bits per heavy atom. The fourth-order valence-electron chi connectivity index (χ4n) is 2.06. The van der Waals surface area contributed by atoms with Gasteiger partial charge in [-0.2, -0.15) is 4.31 Å². The van der Waals surface area contributed by atoms with Gasteiger partial charge < -0.3 is 20.0 Å². The number of hydrogen-bond acceptors (Lipinski definition) is 5. The average molecular weight is 423 g/mol. The summed E-state index contributed by atoms with van der Waals surface area (Å²) in [5.74, 6) is -0.634. The normalized spacial score (nSPS) is 15.7. The van der Waals surface area contributed by atoms with E-state index in [0.29, 0.717) is 12.8 Å². The molecule has 1 aromatic carbocycles. The number of rotatable bonds is 10. The molecule has 0 heterocycles. The van der Waals surface area contributed by atoms with Crippen LogP contribution < -0.4 is 5.32 Å². The van der Waals surface area contributed by atoms with E-state index in [1.54, 1.807) is 13.0 Å². The molecule has 0 spiro atoms. The van der Waals surface area contributed by atoms with Crippen LogP contribution in [-0.4, -0.2) is 20.9 Å². The van der Waals surface area contributed by atoms with Gasteiger partial charge >= 0.3 is 15.6 Å². The third-order valence-electron chi connectivity index (χ3n) is 3.16. The molecule has 0 fully saturated rings. The highest BCUT2D eigenvalue weighted by Crippen LogP contribution is 2.58. The van der Waals surface area contributed by atoms with Crippen molar-refractivity contribution in [3.8, 4) is 0 Å². The molecule has 11 heteroatoms. The average Bonchev–Trinajstić information content (AvgIpc) is 2.46. The highest BCUT2D eigenvalue weighted by atomic mass is 31.3. The molecular weight excluding hydrogens is 399 g/mol.